The third-order valence-corrected chi connectivity index (χ3v) is 8.40. The van der Waals surface area contributed by atoms with Gasteiger partial charge in [-0.05, 0) is 37.5 Å². The monoisotopic (exact) mass is 557 g/mol. The first-order chi connectivity index (χ1) is 19.1. The van der Waals surface area contributed by atoms with E-state index in [2.05, 4.69) is 5.32 Å². The van der Waals surface area contributed by atoms with Crippen molar-refractivity contribution in [1.82, 2.24) is 10.3 Å². The Morgan fingerprint density at radius 1 is 1.12 bits per heavy atom. The molecular formula is C29H32F3N4O4+. The van der Waals surface area contributed by atoms with Crippen molar-refractivity contribution in [1.29, 1.82) is 0 Å². The molecule has 1 aromatic heterocycles. The number of nitrogens with zero attached hydrogens (tertiary/aromatic N) is 3. The predicted octanol–water partition coefficient (Wildman–Crippen LogP) is 5.87. The van der Waals surface area contributed by atoms with E-state index in [9.17, 15) is 28.1 Å². The van der Waals surface area contributed by atoms with Crippen LogP contribution in [-0.2, 0) is 17.5 Å². The zero-order valence-electron chi connectivity index (χ0n) is 22.3. The van der Waals surface area contributed by atoms with Gasteiger partial charge in [-0.15, -0.1) is 0 Å². The van der Waals surface area contributed by atoms with Crippen LogP contribution in [0, 0.1) is 10.1 Å². The number of benzene rings is 2. The fraction of sp³-hybridized carbons (Fsp3) is 0.448. The van der Waals surface area contributed by atoms with Gasteiger partial charge in [0, 0.05) is 54.6 Å². The van der Waals surface area contributed by atoms with E-state index in [1.54, 1.807) is 6.07 Å². The summed E-state index contributed by atoms with van der Waals surface area (Å²) in [5.41, 5.74) is 0.342. The number of hydrogen-bond donors (Lipinski definition) is 1. The van der Waals surface area contributed by atoms with E-state index < -0.39 is 22.6 Å². The number of fused-ring (bicyclic) bond motifs is 1. The van der Waals surface area contributed by atoms with Gasteiger partial charge in [0.05, 0.1) is 53.5 Å². The number of methoxy groups -OCH3 is 1. The molecule has 0 unspecified atom stereocenters. The Bertz CT molecular complexity index is 1430. The third kappa shape index (κ3) is 5.40. The van der Waals surface area contributed by atoms with Gasteiger partial charge >= 0.3 is 12.1 Å². The maximum Gasteiger partial charge on any atom is 0.416 e. The van der Waals surface area contributed by atoms with E-state index in [0.29, 0.717) is 22.6 Å². The van der Waals surface area contributed by atoms with Gasteiger partial charge in [0.15, 0.2) is 0 Å². The number of hydrogen-bond acceptors (Lipinski definition) is 6. The number of esters is 1. The zero-order valence-corrected chi connectivity index (χ0v) is 22.3. The second kappa shape index (κ2) is 11.1. The Morgan fingerprint density at radius 3 is 2.50 bits per heavy atom. The second-order valence-corrected chi connectivity index (χ2v) is 10.7. The van der Waals surface area contributed by atoms with Gasteiger partial charge in [0.1, 0.15) is 6.54 Å². The van der Waals surface area contributed by atoms with Crippen LogP contribution in [0.2, 0.25) is 0 Å². The maximum absolute atomic E-state index is 13.7. The van der Waals surface area contributed by atoms with Gasteiger partial charge in [-0.25, -0.2) is 9.78 Å². The molecule has 0 aliphatic carbocycles. The van der Waals surface area contributed by atoms with Crippen LogP contribution in [0.25, 0.3) is 22.2 Å². The molecule has 2 aromatic carbocycles. The largest absolute Gasteiger partial charge is 0.465 e. The van der Waals surface area contributed by atoms with E-state index in [1.165, 1.54) is 31.4 Å². The number of nitro groups is 1. The normalized spacial score (nSPS) is 18.0. The van der Waals surface area contributed by atoms with Crippen molar-refractivity contribution in [3.05, 3.63) is 69.3 Å². The van der Waals surface area contributed by atoms with Crippen LogP contribution in [0.5, 0.6) is 0 Å². The highest BCUT2D eigenvalue weighted by molar-refractivity contribution is 6.07. The average Bonchev–Trinajstić information content (AvgIpc) is 2.96. The van der Waals surface area contributed by atoms with Crippen LogP contribution in [0.15, 0.2) is 42.5 Å². The van der Waals surface area contributed by atoms with E-state index in [4.69, 9.17) is 9.72 Å². The molecule has 0 saturated carbocycles. The molecule has 0 amide bonds. The Balaban J connectivity index is 1.80. The number of likely N-dealkylation sites (tertiary alicyclic amines) is 1. The highest BCUT2D eigenvalue weighted by atomic mass is 19.4. The summed E-state index contributed by atoms with van der Waals surface area (Å²) in [6.45, 7) is 3.86. The number of carbonyl (C=O) groups is 1. The smallest absolute Gasteiger partial charge is 0.416 e. The number of ether oxygens (including phenoxy) is 1. The van der Waals surface area contributed by atoms with Gasteiger partial charge < -0.3 is 14.5 Å². The first-order valence-electron chi connectivity index (χ1n) is 13.6. The highest BCUT2D eigenvalue weighted by Crippen LogP contribution is 2.39. The fourth-order valence-corrected chi connectivity index (χ4v) is 6.44. The first-order valence-corrected chi connectivity index (χ1v) is 13.6. The summed E-state index contributed by atoms with van der Waals surface area (Å²) in [6, 6.07) is 9.27. The summed E-state index contributed by atoms with van der Waals surface area (Å²) < 4.78 is 47.1. The summed E-state index contributed by atoms with van der Waals surface area (Å²) in [5, 5.41) is 15.3. The van der Waals surface area contributed by atoms with Crippen molar-refractivity contribution < 1.29 is 32.1 Å². The van der Waals surface area contributed by atoms with Gasteiger partial charge in [-0.1, -0.05) is 12.1 Å². The quantitative estimate of drug-likeness (QED) is 0.176. The van der Waals surface area contributed by atoms with Crippen LogP contribution in [0.3, 0.4) is 0 Å². The van der Waals surface area contributed by atoms with Crippen molar-refractivity contribution >= 4 is 22.6 Å². The van der Waals surface area contributed by atoms with Crippen LogP contribution >= 0.6 is 0 Å². The minimum Gasteiger partial charge on any atom is -0.465 e. The molecule has 40 heavy (non-hydrogen) atoms. The first kappa shape index (κ1) is 28.0. The number of alkyl halides is 3. The van der Waals surface area contributed by atoms with Crippen molar-refractivity contribution in [2.75, 3.05) is 33.3 Å². The molecule has 2 aliphatic heterocycles. The minimum atomic E-state index is -4.56. The lowest BCUT2D eigenvalue weighted by atomic mass is 9.90. The topological polar surface area (TPSA) is 94.4 Å². The molecule has 2 fully saturated rings. The Hall–Kier alpha value is -3.57. The molecule has 3 heterocycles. The standard InChI is InChI=1S/C29H32F3N4O4/c1-40-28(37)26-23-17-21(35(38)39)8-9-25(23)34-27(19-6-5-7-20(16-19)29(30,31)32)24(26)18-36(14-3-2-4-15-36)22-10-12-33-13-11-22/h5-9,16-17,22,33H,2-4,10-15,18H2,1H3/q+1. The van der Waals surface area contributed by atoms with Crippen LogP contribution in [0.1, 0.15) is 53.6 Å². The Morgan fingerprint density at radius 2 is 1.85 bits per heavy atom. The lowest BCUT2D eigenvalue weighted by Gasteiger charge is -2.49. The molecule has 11 heteroatoms. The lowest BCUT2D eigenvalue weighted by molar-refractivity contribution is -0.968. The number of non-ortho nitro benzene ring substituents is 1. The van der Waals surface area contributed by atoms with Crippen molar-refractivity contribution in [3.63, 3.8) is 0 Å². The summed E-state index contributed by atoms with van der Waals surface area (Å²) in [4.78, 5) is 29.3. The molecule has 0 spiro atoms. The molecule has 8 nitrogen and oxygen atoms in total. The Labute approximate surface area is 229 Å². The number of nitrogens with one attached hydrogen (secondary N) is 1. The molecule has 0 bridgehead atoms. The summed E-state index contributed by atoms with van der Waals surface area (Å²) in [6.07, 6.45) is 0.426. The molecule has 3 aromatic rings. The minimum absolute atomic E-state index is 0.126. The van der Waals surface area contributed by atoms with Crippen molar-refractivity contribution in [2.45, 2.75) is 50.9 Å². The molecule has 5 rings (SSSR count). The van der Waals surface area contributed by atoms with Crippen LogP contribution in [-0.4, -0.2) is 59.7 Å². The highest BCUT2D eigenvalue weighted by Gasteiger charge is 2.41. The molecule has 0 atom stereocenters. The number of carbonyl (C=O) groups excluding carboxylic acids is 1. The molecule has 1 N–H and O–H groups in total. The molecule has 212 valence electrons. The average molecular weight is 558 g/mol. The number of piperidine rings is 2. The van der Waals surface area contributed by atoms with Crippen LogP contribution < -0.4 is 5.32 Å². The maximum atomic E-state index is 13.7. The van der Waals surface area contributed by atoms with Gasteiger partial charge in [-0.3, -0.25) is 10.1 Å². The predicted molar refractivity (Wildman–Crippen MR) is 144 cm³/mol. The summed E-state index contributed by atoms with van der Waals surface area (Å²) >= 11 is 0. The molecule has 0 radical (unpaired) electrons. The van der Waals surface area contributed by atoms with E-state index in [0.717, 1.165) is 70.4 Å². The van der Waals surface area contributed by atoms with Gasteiger partial charge in [0.25, 0.3) is 5.69 Å². The van der Waals surface area contributed by atoms with E-state index in [-0.39, 0.29) is 33.4 Å². The van der Waals surface area contributed by atoms with Gasteiger partial charge in [0.2, 0.25) is 0 Å². The summed E-state index contributed by atoms with van der Waals surface area (Å²) in [5.74, 6) is -0.698. The molecule has 2 saturated heterocycles. The lowest BCUT2D eigenvalue weighted by Crippen LogP contribution is -2.60. The Kier molecular flexibility index (Phi) is 7.78. The number of nitro benzene ring substituents is 1. The van der Waals surface area contributed by atoms with Crippen LogP contribution in [0.4, 0.5) is 18.9 Å². The number of pyridine rings is 1. The fourth-order valence-electron chi connectivity index (χ4n) is 6.44. The number of quaternary nitrogens is 1. The van der Waals surface area contributed by atoms with E-state index >= 15 is 0 Å². The van der Waals surface area contributed by atoms with Crippen molar-refractivity contribution in [2.24, 2.45) is 0 Å². The molecule has 2 aliphatic rings. The molecular weight excluding hydrogens is 525 g/mol. The third-order valence-electron chi connectivity index (χ3n) is 8.40. The SMILES string of the molecule is COC(=O)c1c(C[N+]2(C3CCNCC3)CCCCC2)c(-c2cccc(C(F)(F)F)c2)nc2ccc([N+](=O)[O-])cc12. The van der Waals surface area contributed by atoms with Gasteiger partial charge in [-0.2, -0.15) is 13.2 Å². The number of aromatic nitrogens is 1. The number of rotatable bonds is 6. The summed E-state index contributed by atoms with van der Waals surface area (Å²) in [7, 11) is 1.23. The number of halogens is 3. The second-order valence-electron chi connectivity index (χ2n) is 10.7. The van der Waals surface area contributed by atoms with Crippen molar-refractivity contribution in [3.8, 4) is 11.3 Å². The zero-order chi connectivity index (χ0) is 28.5. The van der Waals surface area contributed by atoms with E-state index in [1.807, 2.05) is 0 Å².